The molecular weight excluding hydrogens is 414 g/mol. The molecule has 0 saturated heterocycles. The van der Waals surface area contributed by atoms with Gasteiger partial charge in [-0.25, -0.2) is 0 Å². The predicted octanol–water partition coefficient (Wildman–Crippen LogP) is 4.11. The van der Waals surface area contributed by atoms with E-state index in [0.717, 1.165) is 37.8 Å². The second-order valence-corrected chi connectivity index (χ2v) is 9.77. The standard InChI is InChI=1S/C28H41NO4/c1-20-7-6-9-21(15-20)17-24(30)10-11-25-26-18-22(16-23(26)19-27(25)31)8-4-3-5-13-29-14-12-28(32)33-2/h6-7,9-11,15-16,23-27,29-31H,3-5,8,12-14,17-19H2,1-2H3/t23-,24+,25+,26-,27+/m0/s1. The van der Waals surface area contributed by atoms with Gasteiger partial charge in [0.1, 0.15) is 0 Å². The summed E-state index contributed by atoms with van der Waals surface area (Å²) >= 11 is 0. The number of allylic oxidation sites excluding steroid dienone is 2. The van der Waals surface area contributed by atoms with Crippen LogP contribution >= 0.6 is 0 Å². The minimum Gasteiger partial charge on any atom is -0.469 e. The molecule has 0 bridgehead atoms. The number of unbranched alkanes of at least 4 members (excludes halogenated alkanes) is 2. The molecule has 0 aliphatic heterocycles. The molecule has 1 aromatic carbocycles. The first kappa shape index (κ1) is 25.7. The summed E-state index contributed by atoms with van der Waals surface area (Å²) in [6, 6.07) is 8.26. The number of hydrogen-bond acceptors (Lipinski definition) is 5. The van der Waals surface area contributed by atoms with Crippen LogP contribution in [0.25, 0.3) is 0 Å². The van der Waals surface area contributed by atoms with E-state index >= 15 is 0 Å². The van der Waals surface area contributed by atoms with Crippen molar-refractivity contribution in [1.29, 1.82) is 0 Å². The molecule has 2 aliphatic carbocycles. The van der Waals surface area contributed by atoms with Crippen molar-refractivity contribution in [3.05, 3.63) is 59.2 Å². The lowest BCUT2D eigenvalue weighted by molar-refractivity contribution is -0.140. The third-order valence-electron chi connectivity index (χ3n) is 7.12. The molecule has 3 rings (SSSR count). The van der Waals surface area contributed by atoms with E-state index in [-0.39, 0.29) is 18.0 Å². The molecule has 182 valence electrons. The number of fused-ring (bicyclic) bond motifs is 1. The van der Waals surface area contributed by atoms with Gasteiger partial charge >= 0.3 is 5.97 Å². The molecule has 5 heteroatoms. The molecule has 33 heavy (non-hydrogen) atoms. The summed E-state index contributed by atoms with van der Waals surface area (Å²) in [6.45, 7) is 3.68. The number of methoxy groups -OCH3 is 1. The molecule has 2 aliphatic rings. The molecule has 0 unspecified atom stereocenters. The third kappa shape index (κ3) is 8.09. The van der Waals surface area contributed by atoms with Crippen LogP contribution in [0, 0.1) is 24.7 Å². The van der Waals surface area contributed by atoms with Crippen molar-refractivity contribution < 1.29 is 19.7 Å². The van der Waals surface area contributed by atoms with Crippen molar-refractivity contribution >= 4 is 5.97 Å². The van der Waals surface area contributed by atoms with Crippen molar-refractivity contribution in [2.75, 3.05) is 20.2 Å². The summed E-state index contributed by atoms with van der Waals surface area (Å²) < 4.78 is 4.64. The lowest BCUT2D eigenvalue weighted by Crippen LogP contribution is -2.19. The zero-order valence-corrected chi connectivity index (χ0v) is 20.2. The summed E-state index contributed by atoms with van der Waals surface area (Å²) in [6.07, 6.45) is 13.1. The summed E-state index contributed by atoms with van der Waals surface area (Å²) in [5.41, 5.74) is 3.88. The summed E-state index contributed by atoms with van der Waals surface area (Å²) in [4.78, 5) is 11.1. The van der Waals surface area contributed by atoms with E-state index in [9.17, 15) is 15.0 Å². The fraction of sp³-hybridized carbons (Fsp3) is 0.607. The minimum atomic E-state index is -0.520. The number of aryl methyl sites for hydroxylation is 1. The Morgan fingerprint density at radius 1 is 1.27 bits per heavy atom. The molecular formula is C28H41NO4. The van der Waals surface area contributed by atoms with Gasteiger partial charge in [-0.2, -0.15) is 0 Å². The van der Waals surface area contributed by atoms with Crippen LogP contribution in [0.15, 0.2) is 48.1 Å². The molecule has 0 heterocycles. The molecule has 0 radical (unpaired) electrons. The maximum atomic E-state index is 11.1. The van der Waals surface area contributed by atoms with E-state index in [1.807, 2.05) is 12.1 Å². The van der Waals surface area contributed by atoms with Crippen LogP contribution in [-0.4, -0.2) is 48.6 Å². The van der Waals surface area contributed by atoms with Crippen molar-refractivity contribution in [3.63, 3.8) is 0 Å². The van der Waals surface area contributed by atoms with Gasteiger partial charge in [-0.3, -0.25) is 4.79 Å². The Kier molecular flexibility index (Phi) is 10.2. The van der Waals surface area contributed by atoms with Gasteiger partial charge < -0.3 is 20.3 Å². The van der Waals surface area contributed by atoms with Gasteiger partial charge in [-0.15, -0.1) is 0 Å². The number of esters is 1. The molecule has 1 fully saturated rings. The first-order valence-electron chi connectivity index (χ1n) is 12.5. The van der Waals surface area contributed by atoms with Crippen LogP contribution in [0.1, 0.15) is 56.1 Å². The Morgan fingerprint density at radius 3 is 2.91 bits per heavy atom. The quantitative estimate of drug-likeness (QED) is 0.237. The number of carbonyl (C=O) groups excluding carboxylic acids is 1. The maximum Gasteiger partial charge on any atom is 0.306 e. The first-order valence-corrected chi connectivity index (χ1v) is 12.5. The van der Waals surface area contributed by atoms with Gasteiger partial charge in [0.25, 0.3) is 0 Å². The van der Waals surface area contributed by atoms with Crippen molar-refractivity contribution in [2.45, 2.75) is 70.5 Å². The van der Waals surface area contributed by atoms with Crippen LogP contribution < -0.4 is 5.32 Å². The molecule has 0 amide bonds. The lowest BCUT2D eigenvalue weighted by Gasteiger charge is -2.19. The summed E-state index contributed by atoms with van der Waals surface area (Å²) in [5, 5.41) is 24.4. The highest BCUT2D eigenvalue weighted by Crippen LogP contribution is 2.48. The number of carbonyl (C=O) groups is 1. The van der Waals surface area contributed by atoms with Gasteiger partial charge in [0.05, 0.1) is 25.7 Å². The normalized spacial score (nSPS) is 25.3. The number of aliphatic hydroxyl groups excluding tert-OH is 2. The smallest absolute Gasteiger partial charge is 0.306 e. The SMILES string of the molecule is COC(=O)CCNCCCCCC1=C[C@H]2C[C@@H](O)[C@H](C=C[C@@H](O)Cc3cccc(C)c3)[C@H]2C1. The average Bonchev–Trinajstić information content (AvgIpc) is 3.30. The molecule has 1 saturated carbocycles. The van der Waals surface area contributed by atoms with Gasteiger partial charge in [0, 0.05) is 18.9 Å². The molecule has 0 aromatic heterocycles. The molecule has 3 N–H and O–H groups in total. The van der Waals surface area contributed by atoms with Crippen LogP contribution in [-0.2, 0) is 16.0 Å². The lowest BCUT2D eigenvalue weighted by atomic mass is 9.88. The van der Waals surface area contributed by atoms with Crippen LogP contribution in [0.3, 0.4) is 0 Å². The van der Waals surface area contributed by atoms with E-state index < -0.39 is 6.10 Å². The second kappa shape index (κ2) is 13.1. The monoisotopic (exact) mass is 455 g/mol. The van der Waals surface area contributed by atoms with E-state index in [4.69, 9.17) is 0 Å². The number of ether oxygens (including phenoxy) is 1. The molecule has 1 aromatic rings. The maximum absolute atomic E-state index is 11.1. The van der Waals surface area contributed by atoms with E-state index in [1.165, 1.54) is 31.1 Å². The van der Waals surface area contributed by atoms with Gasteiger partial charge in [0.2, 0.25) is 0 Å². The molecule has 5 nitrogen and oxygen atoms in total. The van der Waals surface area contributed by atoms with Crippen molar-refractivity contribution in [1.82, 2.24) is 5.32 Å². The molecule has 0 spiro atoms. The highest BCUT2D eigenvalue weighted by Gasteiger charge is 2.43. The zero-order chi connectivity index (χ0) is 23.6. The van der Waals surface area contributed by atoms with E-state index in [1.54, 1.807) is 0 Å². The number of rotatable bonds is 13. The van der Waals surface area contributed by atoms with Crippen LogP contribution in [0.5, 0.6) is 0 Å². The Morgan fingerprint density at radius 2 is 2.12 bits per heavy atom. The summed E-state index contributed by atoms with van der Waals surface area (Å²) in [5.74, 6) is 0.908. The largest absolute Gasteiger partial charge is 0.469 e. The Labute approximate surface area is 198 Å². The number of hydrogen-bond donors (Lipinski definition) is 3. The Balaban J connectivity index is 1.35. The number of aliphatic hydroxyl groups is 2. The van der Waals surface area contributed by atoms with Crippen molar-refractivity contribution in [3.8, 4) is 0 Å². The minimum absolute atomic E-state index is 0.134. The summed E-state index contributed by atoms with van der Waals surface area (Å²) in [7, 11) is 1.42. The van der Waals surface area contributed by atoms with Crippen LogP contribution in [0.2, 0.25) is 0 Å². The second-order valence-electron chi connectivity index (χ2n) is 9.77. The number of nitrogens with one attached hydrogen (secondary N) is 1. The zero-order valence-electron chi connectivity index (χ0n) is 20.2. The average molecular weight is 456 g/mol. The van der Waals surface area contributed by atoms with Gasteiger partial charge in [-0.05, 0) is 63.0 Å². The Hall–Kier alpha value is -1.95. The highest BCUT2D eigenvalue weighted by atomic mass is 16.5. The molecule has 5 atom stereocenters. The van der Waals surface area contributed by atoms with E-state index in [0.29, 0.717) is 31.2 Å². The van der Waals surface area contributed by atoms with E-state index in [2.05, 4.69) is 47.3 Å². The number of benzene rings is 1. The fourth-order valence-corrected chi connectivity index (χ4v) is 5.39. The first-order chi connectivity index (χ1) is 16.0. The fourth-order valence-electron chi connectivity index (χ4n) is 5.39. The Bertz CT molecular complexity index is 818. The van der Waals surface area contributed by atoms with Crippen molar-refractivity contribution in [2.24, 2.45) is 17.8 Å². The van der Waals surface area contributed by atoms with Gasteiger partial charge in [-0.1, -0.05) is 60.1 Å². The van der Waals surface area contributed by atoms with Gasteiger partial charge in [0.15, 0.2) is 0 Å². The topological polar surface area (TPSA) is 78.8 Å². The highest BCUT2D eigenvalue weighted by molar-refractivity contribution is 5.69. The predicted molar refractivity (Wildman–Crippen MR) is 132 cm³/mol. The third-order valence-corrected chi connectivity index (χ3v) is 7.12. The van der Waals surface area contributed by atoms with Crippen LogP contribution in [0.4, 0.5) is 0 Å².